The van der Waals surface area contributed by atoms with E-state index < -0.39 is 12.0 Å². The van der Waals surface area contributed by atoms with Gasteiger partial charge in [0.1, 0.15) is 19.2 Å². The Morgan fingerprint density at radius 1 is 1.53 bits per heavy atom. The molecule has 0 amide bonds. The van der Waals surface area contributed by atoms with Crippen molar-refractivity contribution in [3.05, 3.63) is 34.3 Å². The van der Waals surface area contributed by atoms with E-state index in [2.05, 4.69) is 14.7 Å². The fourth-order valence-corrected chi connectivity index (χ4v) is 1.65. The lowest BCUT2D eigenvalue weighted by molar-refractivity contribution is -0.142. The first kappa shape index (κ1) is 15.0. The van der Waals surface area contributed by atoms with Gasteiger partial charge >= 0.3 is 5.97 Å². The number of esters is 1. The molecule has 0 radical (unpaired) electrons. The van der Waals surface area contributed by atoms with Crippen LogP contribution in [-0.4, -0.2) is 25.9 Å². The standard InChI is InChI=1S/C12H12ClN3O3/c1-18-12(17)11(15)8-5-7(3-4-9(8)13)10(6-14)16-19-2/h3-5,11H,15H2,1-2H3/b16-10+. The van der Waals surface area contributed by atoms with E-state index >= 15 is 0 Å². The summed E-state index contributed by atoms with van der Waals surface area (Å²) in [6.07, 6.45) is 0. The van der Waals surface area contributed by atoms with Gasteiger partial charge in [0.05, 0.1) is 7.11 Å². The zero-order valence-electron chi connectivity index (χ0n) is 10.4. The van der Waals surface area contributed by atoms with E-state index in [1.54, 1.807) is 6.07 Å². The number of halogens is 1. The molecule has 0 spiro atoms. The van der Waals surface area contributed by atoms with Crippen molar-refractivity contribution in [2.75, 3.05) is 14.2 Å². The molecule has 0 aliphatic heterocycles. The summed E-state index contributed by atoms with van der Waals surface area (Å²) < 4.78 is 4.55. The van der Waals surface area contributed by atoms with Crippen LogP contribution in [-0.2, 0) is 14.4 Å². The maximum atomic E-state index is 11.4. The zero-order chi connectivity index (χ0) is 14.4. The highest BCUT2D eigenvalue weighted by Crippen LogP contribution is 2.24. The first-order chi connectivity index (χ1) is 9.04. The highest BCUT2D eigenvalue weighted by molar-refractivity contribution is 6.31. The quantitative estimate of drug-likeness (QED) is 0.511. The molecule has 1 aromatic carbocycles. The maximum absolute atomic E-state index is 11.4. The van der Waals surface area contributed by atoms with Gasteiger partial charge in [0.25, 0.3) is 0 Å². The number of hydrogen-bond acceptors (Lipinski definition) is 6. The second-order valence-corrected chi connectivity index (χ2v) is 3.88. The number of nitrogens with two attached hydrogens (primary N) is 1. The fraction of sp³-hybridized carbons (Fsp3) is 0.250. The lowest BCUT2D eigenvalue weighted by Crippen LogP contribution is -2.23. The molecule has 1 aromatic rings. The average molecular weight is 282 g/mol. The molecule has 2 N–H and O–H groups in total. The van der Waals surface area contributed by atoms with Crippen molar-refractivity contribution >= 4 is 23.3 Å². The zero-order valence-corrected chi connectivity index (χ0v) is 11.1. The van der Waals surface area contributed by atoms with Gasteiger partial charge in [-0.1, -0.05) is 22.8 Å². The molecule has 6 nitrogen and oxygen atoms in total. The van der Waals surface area contributed by atoms with Crippen LogP contribution in [0.15, 0.2) is 23.4 Å². The van der Waals surface area contributed by atoms with Crippen molar-refractivity contribution in [2.45, 2.75) is 6.04 Å². The van der Waals surface area contributed by atoms with Crippen molar-refractivity contribution in [3.8, 4) is 6.07 Å². The van der Waals surface area contributed by atoms with Crippen LogP contribution in [0.2, 0.25) is 5.02 Å². The molecule has 0 aliphatic carbocycles. The van der Waals surface area contributed by atoms with E-state index in [-0.39, 0.29) is 5.71 Å². The highest BCUT2D eigenvalue weighted by Gasteiger charge is 2.20. The molecule has 0 bridgehead atoms. The molecular formula is C12H12ClN3O3. The summed E-state index contributed by atoms with van der Waals surface area (Å²) >= 11 is 5.98. The van der Waals surface area contributed by atoms with Crippen LogP contribution in [0.1, 0.15) is 17.2 Å². The Morgan fingerprint density at radius 3 is 2.74 bits per heavy atom. The minimum absolute atomic E-state index is 0.0532. The van der Waals surface area contributed by atoms with Crippen molar-refractivity contribution in [1.82, 2.24) is 0 Å². The van der Waals surface area contributed by atoms with Gasteiger partial charge in [-0.05, 0) is 17.7 Å². The van der Waals surface area contributed by atoms with Gasteiger partial charge in [-0.2, -0.15) is 5.26 Å². The summed E-state index contributed by atoms with van der Waals surface area (Å²) in [6.45, 7) is 0. The number of carbonyl (C=O) groups is 1. The van der Waals surface area contributed by atoms with Crippen molar-refractivity contribution in [1.29, 1.82) is 5.26 Å². The summed E-state index contributed by atoms with van der Waals surface area (Å²) in [5, 5.41) is 12.8. The predicted molar refractivity (Wildman–Crippen MR) is 69.6 cm³/mol. The molecule has 19 heavy (non-hydrogen) atoms. The molecule has 1 atom stereocenters. The normalized spacial score (nSPS) is 12.5. The third-order valence-corrected chi connectivity index (χ3v) is 2.69. The number of benzene rings is 1. The van der Waals surface area contributed by atoms with Crippen molar-refractivity contribution in [3.63, 3.8) is 0 Å². The topological polar surface area (TPSA) is 97.7 Å². The molecule has 1 unspecified atom stereocenters. The summed E-state index contributed by atoms with van der Waals surface area (Å²) in [7, 11) is 2.56. The predicted octanol–water partition coefficient (Wildman–Crippen LogP) is 1.39. The lowest BCUT2D eigenvalue weighted by Gasteiger charge is -2.12. The minimum Gasteiger partial charge on any atom is -0.468 e. The number of carbonyl (C=O) groups excluding carboxylic acids is 1. The van der Waals surface area contributed by atoms with Gasteiger partial charge in [-0.25, -0.2) is 0 Å². The number of methoxy groups -OCH3 is 1. The number of hydrogen-bond donors (Lipinski definition) is 1. The first-order valence-corrected chi connectivity index (χ1v) is 5.57. The number of ether oxygens (including phenoxy) is 1. The molecule has 100 valence electrons. The van der Waals surface area contributed by atoms with Gasteiger partial charge in [-0.15, -0.1) is 0 Å². The van der Waals surface area contributed by atoms with Crippen LogP contribution < -0.4 is 5.73 Å². The molecule has 7 heteroatoms. The second-order valence-electron chi connectivity index (χ2n) is 3.47. The number of nitriles is 1. The summed E-state index contributed by atoms with van der Waals surface area (Å²) in [5.74, 6) is -0.624. The van der Waals surface area contributed by atoms with Crippen molar-refractivity contribution < 1.29 is 14.4 Å². The van der Waals surface area contributed by atoms with E-state index in [1.165, 1.54) is 26.4 Å². The van der Waals surface area contributed by atoms with Gasteiger partial charge in [0, 0.05) is 10.6 Å². The van der Waals surface area contributed by atoms with Crippen LogP contribution in [0, 0.1) is 11.3 Å². The Bertz CT molecular complexity index is 552. The van der Waals surface area contributed by atoms with Crippen LogP contribution in [0.5, 0.6) is 0 Å². The van der Waals surface area contributed by atoms with E-state index in [1.807, 2.05) is 6.07 Å². The third kappa shape index (κ3) is 3.44. The number of rotatable bonds is 4. The van der Waals surface area contributed by atoms with E-state index in [0.717, 1.165) is 0 Å². The van der Waals surface area contributed by atoms with E-state index in [4.69, 9.17) is 22.6 Å². The van der Waals surface area contributed by atoms with Gasteiger partial charge in [-0.3, -0.25) is 4.79 Å². The minimum atomic E-state index is -1.03. The molecular weight excluding hydrogens is 270 g/mol. The van der Waals surface area contributed by atoms with Crippen LogP contribution in [0.3, 0.4) is 0 Å². The monoisotopic (exact) mass is 281 g/mol. The SMILES string of the molecule is CO/N=C(\C#N)c1ccc(Cl)c(C(N)C(=O)OC)c1. The fourth-order valence-electron chi connectivity index (χ4n) is 1.41. The molecule has 0 heterocycles. The van der Waals surface area contributed by atoms with E-state index in [9.17, 15) is 4.79 Å². The highest BCUT2D eigenvalue weighted by atomic mass is 35.5. The molecule has 0 aromatic heterocycles. The number of nitrogens with zero attached hydrogens (tertiary/aromatic N) is 2. The van der Waals surface area contributed by atoms with Crippen LogP contribution >= 0.6 is 11.6 Å². The summed E-state index contributed by atoms with van der Waals surface area (Å²) in [6, 6.07) is 5.46. The Morgan fingerprint density at radius 2 is 2.21 bits per heavy atom. The maximum Gasteiger partial charge on any atom is 0.327 e. The van der Waals surface area contributed by atoms with Gasteiger partial charge < -0.3 is 15.3 Å². The molecule has 0 aliphatic rings. The summed E-state index contributed by atoms with van der Waals surface area (Å²) in [4.78, 5) is 16.0. The molecule has 1 rings (SSSR count). The number of oxime groups is 1. The van der Waals surface area contributed by atoms with Gasteiger partial charge in [0.15, 0.2) is 5.71 Å². The largest absolute Gasteiger partial charge is 0.468 e. The first-order valence-electron chi connectivity index (χ1n) is 5.19. The van der Waals surface area contributed by atoms with Crippen molar-refractivity contribution in [2.24, 2.45) is 10.9 Å². The van der Waals surface area contributed by atoms with Crippen LogP contribution in [0.25, 0.3) is 0 Å². The Balaban J connectivity index is 3.25. The smallest absolute Gasteiger partial charge is 0.327 e. The molecule has 0 saturated carbocycles. The Kier molecular flexibility index (Phi) is 5.30. The van der Waals surface area contributed by atoms with Crippen LogP contribution in [0.4, 0.5) is 0 Å². The third-order valence-electron chi connectivity index (χ3n) is 2.35. The van der Waals surface area contributed by atoms with E-state index in [0.29, 0.717) is 16.1 Å². The molecule has 0 fully saturated rings. The average Bonchev–Trinajstić information content (AvgIpc) is 2.43. The van der Waals surface area contributed by atoms with Gasteiger partial charge in [0.2, 0.25) is 0 Å². The lowest BCUT2D eigenvalue weighted by atomic mass is 10.0. The summed E-state index contributed by atoms with van der Waals surface area (Å²) in [5.41, 5.74) is 6.57. The second kappa shape index (κ2) is 6.73. The Hall–Kier alpha value is -2.10. The molecule has 0 saturated heterocycles. The Labute approximate surface area is 115 Å².